The second-order valence-corrected chi connectivity index (χ2v) is 3.68. The second kappa shape index (κ2) is 15.7. The van der Waals surface area contributed by atoms with E-state index in [1.807, 2.05) is 0 Å². The second-order valence-electron chi connectivity index (χ2n) is 3.68. The van der Waals surface area contributed by atoms with Crippen LogP contribution in [0.2, 0.25) is 0 Å². The molecule has 0 atom stereocenters. The SMILES string of the molecule is [CH2]CCCCCCCCCCC.[CaH2]. The summed E-state index contributed by atoms with van der Waals surface area (Å²) in [5.74, 6) is 0. The van der Waals surface area contributed by atoms with Gasteiger partial charge in [0.1, 0.15) is 0 Å². The van der Waals surface area contributed by atoms with Crippen LogP contribution in [0.15, 0.2) is 0 Å². The first-order chi connectivity index (χ1) is 5.91. The van der Waals surface area contributed by atoms with E-state index in [2.05, 4.69) is 13.8 Å². The molecule has 0 fully saturated rings. The van der Waals surface area contributed by atoms with Crippen LogP contribution in [0.5, 0.6) is 0 Å². The van der Waals surface area contributed by atoms with Gasteiger partial charge in [0.15, 0.2) is 0 Å². The van der Waals surface area contributed by atoms with Gasteiger partial charge in [-0.1, -0.05) is 78.1 Å². The maximum atomic E-state index is 3.84. The molecule has 0 aromatic carbocycles. The number of unbranched alkanes of at least 4 members (excludes halogenated alkanes) is 9. The molecule has 0 N–H and O–H groups in total. The summed E-state index contributed by atoms with van der Waals surface area (Å²) >= 11 is 0. The van der Waals surface area contributed by atoms with Gasteiger partial charge < -0.3 is 0 Å². The van der Waals surface area contributed by atoms with Gasteiger partial charge in [-0.25, -0.2) is 0 Å². The maximum absolute atomic E-state index is 3.84. The van der Waals surface area contributed by atoms with Crippen LogP contribution in [0.25, 0.3) is 0 Å². The molecule has 13 heavy (non-hydrogen) atoms. The van der Waals surface area contributed by atoms with Crippen molar-refractivity contribution in [3.05, 3.63) is 6.92 Å². The molecular formula is C12H27Ca. The molecule has 0 rings (SSSR count). The fourth-order valence-electron chi connectivity index (χ4n) is 1.49. The van der Waals surface area contributed by atoms with E-state index < -0.39 is 0 Å². The predicted octanol–water partition coefficient (Wildman–Crippen LogP) is 3.83. The first kappa shape index (κ1) is 16.7. The van der Waals surface area contributed by atoms with Crippen LogP contribution in [-0.4, -0.2) is 37.7 Å². The summed E-state index contributed by atoms with van der Waals surface area (Å²) in [6.45, 7) is 6.12. The molecule has 77 valence electrons. The van der Waals surface area contributed by atoms with Gasteiger partial charge in [-0.15, -0.1) is 0 Å². The van der Waals surface area contributed by atoms with E-state index >= 15 is 0 Å². The molecule has 0 aliphatic rings. The third-order valence-electron chi connectivity index (χ3n) is 2.35. The van der Waals surface area contributed by atoms with Crippen LogP contribution in [-0.2, 0) is 0 Å². The van der Waals surface area contributed by atoms with E-state index in [0.29, 0.717) is 0 Å². The molecule has 0 unspecified atom stereocenters. The van der Waals surface area contributed by atoms with Crippen molar-refractivity contribution in [1.82, 2.24) is 0 Å². The van der Waals surface area contributed by atoms with Gasteiger partial charge in [0, 0.05) is 0 Å². The third kappa shape index (κ3) is 16.0. The molecule has 0 saturated heterocycles. The van der Waals surface area contributed by atoms with Gasteiger partial charge in [0.2, 0.25) is 0 Å². The standard InChI is InChI=1S/C12H25.Ca.2H/c1-3-5-7-9-11-12-10-8-6-4-2;;;/h1,3-12H2,2H3;;;. The molecule has 0 heterocycles. The third-order valence-corrected chi connectivity index (χ3v) is 2.35. The molecule has 0 spiro atoms. The Morgan fingerprint density at radius 3 is 1.46 bits per heavy atom. The van der Waals surface area contributed by atoms with Crippen LogP contribution in [0, 0.1) is 6.92 Å². The van der Waals surface area contributed by atoms with Gasteiger partial charge in [0.05, 0.1) is 0 Å². The van der Waals surface area contributed by atoms with E-state index in [4.69, 9.17) is 0 Å². The van der Waals surface area contributed by atoms with Crippen LogP contribution in [0.3, 0.4) is 0 Å². The molecule has 0 aliphatic heterocycles. The minimum atomic E-state index is 0. The van der Waals surface area contributed by atoms with Crippen molar-refractivity contribution in [1.29, 1.82) is 0 Å². The Bertz CT molecular complexity index is 61.5. The Hall–Kier alpha value is 1.26. The molecular weight excluding hydrogens is 184 g/mol. The zero-order valence-electron chi connectivity index (χ0n) is 8.78. The molecule has 0 amide bonds. The van der Waals surface area contributed by atoms with Crippen molar-refractivity contribution in [2.45, 2.75) is 71.1 Å². The van der Waals surface area contributed by atoms with E-state index in [1.165, 1.54) is 57.8 Å². The summed E-state index contributed by atoms with van der Waals surface area (Å²) in [6, 6.07) is 0. The molecule has 0 aromatic heterocycles. The minimum absolute atomic E-state index is 0. The number of hydrogen-bond donors (Lipinski definition) is 0. The molecule has 0 aromatic rings. The summed E-state index contributed by atoms with van der Waals surface area (Å²) < 4.78 is 0. The summed E-state index contributed by atoms with van der Waals surface area (Å²) in [4.78, 5) is 0. The zero-order chi connectivity index (χ0) is 9.07. The zero-order valence-corrected chi connectivity index (χ0v) is 8.78. The Morgan fingerprint density at radius 1 is 0.692 bits per heavy atom. The quantitative estimate of drug-likeness (QED) is 0.402. The Morgan fingerprint density at radius 2 is 1.08 bits per heavy atom. The van der Waals surface area contributed by atoms with E-state index in [1.54, 1.807) is 0 Å². The van der Waals surface area contributed by atoms with E-state index in [0.717, 1.165) is 6.42 Å². The normalized spacial score (nSPS) is 9.69. The molecule has 1 heteroatoms. The Labute approximate surface area is 115 Å². The molecule has 0 nitrogen and oxygen atoms in total. The first-order valence-electron chi connectivity index (χ1n) is 5.71. The Balaban J connectivity index is 0. The molecule has 1 radical (unpaired) electrons. The van der Waals surface area contributed by atoms with Crippen molar-refractivity contribution >= 4 is 37.7 Å². The molecule has 0 saturated carbocycles. The Kier molecular flexibility index (Phi) is 20.2. The van der Waals surface area contributed by atoms with Crippen molar-refractivity contribution < 1.29 is 0 Å². The van der Waals surface area contributed by atoms with Gasteiger partial charge in [-0.05, 0) is 0 Å². The van der Waals surface area contributed by atoms with Gasteiger partial charge >= 0.3 is 37.7 Å². The van der Waals surface area contributed by atoms with Crippen molar-refractivity contribution in [2.75, 3.05) is 0 Å². The van der Waals surface area contributed by atoms with Crippen molar-refractivity contribution in [2.24, 2.45) is 0 Å². The van der Waals surface area contributed by atoms with Crippen molar-refractivity contribution in [3.8, 4) is 0 Å². The van der Waals surface area contributed by atoms with Crippen LogP contribution < -0.4 is 0 Å². The first-order valence-corrected chi connectivity index (χ1v) is 5.71. The average Bonchev–Trinajstić information content (AvgIpc) is 2.10. The number of hydrogen-bond acceptors (Lipinski definition) is 0. The summed E-state index contributed by atoms with van der Waals surface area (Å²) in [6.07, 6.45) is 13.9. The number of rotatable bonds is 9. The fraction of sp³-hybridized carbons (Fsp3) is 0.917. The molecule has 0 aliphatic carbocycles. The predicted molar refractivity (Wildman–Crippen MR) is 65.7 cm³/mol. The van der Waals surface area contributed by atoms with Crippen molar-refractivity contribution in [3.63, 3.8) is 0 Å². The van der Waals surface area contributed by atoms with Gasteiger partial charge in [0.25, 0.3) is 0 Å². The summed E-state index contributed by atoms with van der Waals surface area (Å²) in [5, 5.41) is 0. The summed E-state index contributed by atoms with van der Waals surface area (Å²) in [7, 11) is 0. The van der Waals surface area contributed by atoms with E-state index in [9.17, 15) is 0 Å². The van der Waals surface area contributed by atoms with E-state index in [-0.39, 0.29) is 37.7 Å². The van der Waals surface area contributed by atoms with Crippen LogP contribution in [0.4, 0.5) is 0 Å². The molecule has 0 bridgehead atoms. The summed E-state index contributed by atoms with van der Waals surface area (Å²) in [5.41, 5.74) is 0. The van der Waals surface area contributed by atoms with Crippen LogP contribution in [0.1, 0.15) is 71.1 Å². The van der Waals surface area contributed by atoms with Gasteiger partial charge in [-0.2, -0.15) is 0 Å². The monoisotopic (exact) mass is 211 g/mol. The topological polar surface area (TPSA) is 0 Å². The van der Waals surface area contributed by atoms with Crippen LogP contribution >= 0.6 is 0 Å². The van der Waals surface area contributed by atoms with Gasteiger partial charge in [-0.3, -0.25) is 0 Å². The fourth-order valence-corrected chi connectivity index (χ4v) is 1.49. The average molecular weight is 211 g/mol.